The van der Waals surface area contributed by atoms with Crippen molar-refractivity contribution in [1.29, 1.82) is 0 Å². The van der Waals surface area contributed by atoms with Gasteiger partial charge in [0.1, 0.15) is 25.3 Å². The number of ether oxygens (including phenoxy) is 2. The fraction of sp³-hybridized carbons (Fsp3) is 0.321. The summed E-state index contributed by atoms with van der Waals surface area (Å²) >= 11 is 17.1. The smallest absolute Gasteiger partial charge is 0.415 e. The predicted molar refractivity (Wildman–Crippen MR) is 154 cm³/mol. The van der Waals surface area contributed by atoms with Crippen molar-refractivity contribution in [3.05, 3.63) is 83.9 Å². The second kappa shape index (κ2) is 12.7. The number of rotatable bonds is 8. The van der Waals surface area contributed by atoms with Crippen LogP contribution in [0.25, 0.3) is 5.57 Å². The summed E-state index contributed by atoms with van der Waals surface area (Å²) in [5, 5.41) is 3.78. The number of hydrogen-bond acceptors (Lipinski definition) is 7. The summed E-state index contributed by atoms with van der Waals surface area (Å²) in [6.45, 7) is 1.65. The maximum Gasteiger partial charge on any atom is 0.415 e. The first-order valence-corrected chi connectivity index (χ1v) is 13.9. The normalized spacial score (nSPS) is 17.8. The highest BCUT2D eigenvalue weighted by atomic mass is 35.6. The zero-order chi connectivity index (χ0) is 29.0. The average molecular weight is 624 g/mol. The number of nitrogens with zero attached hydrogens (tertiary/aromatic N) is 4. The van der Waals surface area contributed by atoms with Gasteiger partial charge in [0, 0.05) is 31.3 Å². The zero-order valence-corrected chi connectivity index (χ0v) is 24.0. The van der Waals surface area contributed by atoms with Gasteiger partial charge in [-0.3, -0.25) is 14.7 Å². The number of cyclic esters (lactones) is 1. The minimum atomic E-state index is -1.82. The van der Waals surface area contributed by atoms with Gasteiger partial charge in [-0.15, -0.1) is 0 Å². The molecule has 0 unspecified atom stereocenters. The van der Waals surface area contributed by atoms with Crippen molar-refractivity contribution in [3.8, 4) is 0 Å². The number of hydrogen-bond donors (Lipinski definition) is 0. The van der Waals surface area contributed by atoms with Gasteiger partial charge in [0.2, 0.25) is 3.79 Å². The largest absolute Gasteiger partial charge is 0.447 e. The Hall–Kier alpha value is -3.31. The summed E-state index contributed by atoms with van der Waals surface area (Å²) in [5.74, 6) is -0.343. The highest BCUT2D eigenvalue weighted by Crippen LogP contribution is 2.32. The molecule has 0 spiro atoms. The fourth-order valence-corrected chi connectivity index (χ4v) is 4.97. The van der Waals surface area contributed by atoms with Crippen molar-refractivity contribution in [1.82, 2.24) is 10.1 Å². The summed E-state index contributed by atoms with van der Waals surface area (Å²) in [6.07, 6.45) is 2.45. The van der Waals surface area contributed by atoms with Crippen LogP contribution >= 0.6 is 34.8 Å². The fourth-order valence-electron chi connectivity index (χ4n) is 4.81. The molecule has 0 radical (unpaired) electrons. The standard InChI is InChI=1S/C28H26Cl3FN4O5/c29-28(30,31)18-40-26(37)35(25-10-13-41-33-25)16-22-17-39-27(38)36(22)21-6-7-23(24(32)14-21)20-8-11-34(12-9-20)15-19-4-2-1-3-5-19/h1-8,10,13-14,22H,9,11-12,15-18H2/t22-/m1/s1. The van der Waals surface area contributed by atoms with Gasteiger partial charge in [0.25, 0.3) is 0 Å². The molecule has 1 fully saturated rings. The monoisotopic (exact) mass is 622 g/mol. The van der Waals surface area contributed by atoms with E-state index in [1.165, 1.54) is 28.9 Å². The van der Waals surface area contributed by atoms with Crippen LogP contribution in [0.1, 0.15) is 17.5 Å². The average Bonchev–Trinajstić information content (AvgIpc) is 3.61. The second-order valence-electron chi connectivity index (χ2n) is 9.60. The van der Waals surface area contributed by atoms with Crippen molar-refractivity contribution >= 4 is 64.1 Å². The molecule has 41 heavy (non-hydrogen) atoms. The summed E-state index contributed by atoms with van der Waals surface area (Å²) < 4.78 is 28.8. The van der Waals surface area contributed by atoms with Crippen LogP contribution in [0.4, 0.5) is 25.5 Å². The van der Waals surface area contributed by atoms with Gasteiger partial charge in [0.15, 0.2) is 5.82 Å². The van der Waals surface area contributed by atoms with Crippen LogP contribution in [-0.4, -0.2) is 64.9 Å². The number of carbonyl (C=O) groups excluding carboxylic acids is 2. The Morgan fingerprint density at radius 2 is 1.98 bits per heavy atom. The third-order valence-corrected chi connectivity index (χ3v) is 7.08. The Balaban J connectivity index is 1.29. The van der Waals surface area contributed by atoms with E-state index in [9.17, 15) is 9.59 Å². The van der Waals surface area contributed by atoms with Gasteiger partial charge >= 0.3 is 12.2 Å². The summed E-state index contributed by atoms with van der Waals surface area (Å²) in [7, 11) is 0. The Bertz CT molecular complexity index is 1400. The third-order valence-electron chi connectivity index (χ3n) is 6.75. The van der Waals surface area contributed by atoms with Crippen molar-refractivity contribution in [3.63, 3.8) is 0 Å². The molecule has 0 saturated carbocycles. The molecule has 13 heteroatoms. The molecule has 2 aliphatic rings. The van der Waals surface area contributed by atoms with Gasteiger partial charge in [-0.25, -0.2) is 14.0 Å². The molecule has 0 N–H and O–H groups in total. The Morgan fingerprint density at radius 1 is 1.17 bits per heavy atom. The first kappa shape index (κ1) is 29.2. The number of carbonyl (C=O) groups is 2. The number of aromatic nitrogens is 1. The zero-order valence-electron chi connectivity index (χ0n) is 21.7. The Morgan fingerprint density at radius 3 is 2.63 bits per heavy atom. The van der Waals surface area contributed by atoms with Crippen LogP contribution in [0.3, 0.4) is 0 Å². The molecule has 2 amide bonds. The molecule has 0 bridgehead atoms. The number of amides is 2. The topological polar surface area (TPSA) is 88.4 Å². The lowest BCUT2D eigenvalue weighted by atomic mass is 9.98. The van der Waals surface area contributed by atoms with Crippen LogP contribution in [0.15, 0.2) is 71.5 Å². The minimum absolute atomic E-state index is 0.0588. The first-order chi connectivity index (χ1) is 19.7. The number of alkyl halides is 3. The molecule has 1 aromatic heterocycles. The summed E-state index contributed by atoms with van der Waals surface area (Å²) in [5.41, 5.74) is 2.91. The molecule has 9 nitrogen and oxygen atoms in total. The van der Waals surface area contributed by atoms with Crippen LogP contribution in [0.5, 0.6) is 0 Å². The third kappa shape index (κ3) is 7.32. The second-order valence-corrected chi connectivity index (χ2v) is 12.1. The van der Waals surface area contributed by atoms with E-state index >= 15 is 4.39 Å². The van der Waals surface area contributed by atoms with E-state index in [1.54, 1.807) is 12.1 Å². The maximum absolute atomic E-state index is 15.4. The van der Waals surface area contributed by atoms with Crippen LogP contribution in [-0.2, 0) is 16.0 Å². The van der Waals surface area contributed by atoms with E-state index in [4.69, 9.17) is 48.8 Å². The van der Waals surface area contributed by atoms with Crippen LogP contribution in [0.2, 0.25) is 0 Å². The Labute approximate surface area is 250 Å². The van der Waals surface area contributed by atoms with E-state index in [0.29, 0.717) is 18.5 Å². The van der Waals surface area contributed by atoms with E-state index in [-0.39, 0.29) is 24.7 Å². The SMILES string of the molecule is O=C(OCC(Cl)(Cl)Cl)N(C[C@@H]1COC(=O)N1c1ccc(C2=CCN(Cc3ccccc3)CC2)c(F)c1)c1ccon1. The van der Waals surface area contributed by atoms with E-state index in [1.807, 2.05) is 24.3 Å². The number of anilines is 2. The van der Waals surface area contributed by atoms with Crippen LogP contribution < -0.4 is 9.80 Å². The van der Waals surface area contributed by atoms with Crippen molar-refractivity contribution in [2.24, 2.45) is 0 Å². The molecule has 216 valence electrons. The van der Waals surface area contributed by atoms with Gasteiger partial charge in [-0.2, -0.15) is 0 Å². The van der Waals surface area contributed by atoms with Crippen molar-refractivity contribution in [2.75, 3.05) is 42.6 Å². The van der Waals surface area contributed by atoms with Crippen molar-refractivity contribution in [2.45, 2.75) is 22.8 Å². The van der Waals surface area contributed by atoms with Crippen molar-refractivity contribution < 1.29 is 28.0 Å². The van der Waals surface area contributed by atoms with Crippen LogP contribution in [0, 0.1) is 5.82 Å². The molecule has 0 aliphatic carbocycles. The molecule has 2 aliphatic heterocycles. The van der Waals surface area contributed by atoms with E-state index < -0.39 is 34.4 Å². The highest BCUT2D eigenvalue weighted by molar-refractivity contribution is 6.67. The lowest BCUT2D eigenvalue weighted by Gasteiger charge is -2.28. The van der Waals surface area contributed by atoms with E-state index in [2.05, 4.69) is 22.2 Å². The number of halogens is 4. The quantitative estimate of drug-likeness (QED) is 0.267. The summed E-state index contributed by atoms with van der Waals surface area (Å²) in [4.78, 5) is 30.3. The molecular formula is C28H26Cl3FN4O5. The lowest BCUT2D eigenvalue weighted by Crippen LogP contribution is -2.46. The molecule has 3 heterocycles. The molecule has 3 aromatic rings. The maximum atomic E-state index is 15.4. The van der Waals surface area contributed by atoms with Gasteiger partial charge in [0.05, 0.1) is 18.3 Å². The lowest BCUT2D eigenvalue weighted by molar-refractivity contribution is 0.154. The first-order valence-electron chi connectivity index (χ1n) is 12.8. The molecule has 1 saturated heterocycles. The molecular weight excluding hydrogens is 598 g/mol. The van der Waals surface area contributed by atoms with E-state index in [0.717, 1.165) is 23.6 Å². The Kier molecular flexibility index (Phi) is 9.03. The minimum Gasteiger partial charge on any atom is -0.447 e. The van der Waals surface area contributed by atoms with Gasteiger partial charge in [-0.1, -0.05) is 76.4 Å². The molecule has 1 atom stereocenters. The molecule has 5 rings (SSSR count). The van der Waals surface area contributed by atoms with Gasteiger partial charge < -0.3 is 14.0 Å². The summed E-state index contributed by atoms with van der Waals surface area (Å²) in [6, 6.07) is 15.6. The number of benzene rings is 2. The van der Waals surface area contributed by atoms with Gasteiger partial charge in [-0.05, 0) is 35.8 Å². The predicted octanol–water partition coefficient (Wildman–Crippen LogP) is 6.44. The molecule has 2 aromatic carbocycles. The highest BCUT2D eigenvalue weighted by Gasteiger charge is 2.38.